The minimum atomic E-state index is -0.568. The van der Waals surface area contributed by atoms with Crippen LogP contribution in [0.15, 0.2) is 23.1 Å². The molecule has 20 heavy (non-hydrogen) atoms. The first-order chi connectivity index (χ1) is 9.58. The summed E-state index contributed by atoms with van der Waals surface area (Å²) in [6.07, 6.45) is 2.26. The van der Waals surface area contributed by atoms with Crippen molar-refractivity contribution < 1.29 is 9.53 Å². The maximum absolute atomic E-state index is 12.4. The first-order valence-corrected chi connectivity index (χ1v) is 6.76. The second kappa shape index (κ2) is 5.86. The Morgan fingerprint density at radius 3 is 2.75 bits per heavy atom. The van der Waals surface area contributed by atoms with E-state index in [1.165, 1.54) is 6.20 Å². The molecule has 0 aliphatic heterocycles. The molecular weight excluding hydrogens is 256 g/mol. The number of nitrogens with zero attached hydrogens (tertiary/aromatic N) is 2. The molecule has 0 aliphatic rings. The molecule has 0 unspecified atom stereocenters. The van der Waals surface area contributed by atoms with E-state index in [0.29, 0.717) is 24.2 Å². The van der Waals surface area contributed by atoms with E-state index in [9.17, 15) is 9.59 Å². The lowest BCUT2D eigenvalue weighted by atomic mass is 10.2. The first kappa shape index (κ1) is 14.2. The Labute approximate surface area is 117 Å². The fourth-order valence-electron chi connectivity index (χ4n) is 2.02. The smallest absolute Gasteiger partial charge is 0.343 e. The van der Waals surface area contributed by atoms with Crippen molar-refractivity contribution in [1.82, 2.24) is 9.55 Å². The van der Waals surface area contributed by atoms with Crippen molar-refractivity contribution in [2.45, 2.75) is 33.7 Å². The van der Waals surface area contributed by atoms with Crippen LogP contribution in [0.2, 0.25) is 0 Å². The van der Waals surface area contributed by atoms with Crippen LogP contribution in [-0.2, 0) is 11.3 Å². The quantitative estimate of drug-likeness (QED) is 0.803. The third-order valence-corrected chi connectivity index (χ3v) is 3.06. The van der Waals surface area contributed by atoms with E-state index in [-0.39, 0.29) is 11.0 Å². The van der Waals surface area contributed by atoms with Gasteiger partial charge in [-0.15, -0.1) is 0 Å². The van der Waals surface area contributed by atoms with Gasteiger partial charge < -0.3 is 9.30 Å². The molecule has 0 spiro atoms. The Morgan fingerprint density at radius 2 is 2.10 bits per heavy atom. The first-order valence-electron chi connectivity index (χ1n) is 6.76. The molecule has 106 valence electrons. The number of carbonyl (C=O) groups is 1. The van der Waals surface area contributed by atoms with Gasteiger partial charge in [0.1, 0.15) is 11.2 Å². The molecule has 5 nitrogen and oxygen atoms in total. The molecule has 0 amide bonds. The summed E-state index contributed by atoms with van der Waals surface area (Å²) >= 11 is 0. The Hall–Kier alpha value is -2.17. The molecule has 2 heterocycles. The number of rotatable bonds is 4. The van der Waals surface area contributed by atoms with E-state index in [1.54, 1.807) is 16.7 Å². The highest BCUT2D eigenvalue weighted by atomic mass is 16.5. The van der Waals surface area contributed by atoms with Crippen LogP contribution in [0.25, 0.3) is 11.0 Å². The highest BCUT2D eigenvalue weighted by Gasteiger charge is 2.16. The zero-order valence-electron chi connectivity index (χ0n) is 12.0. The number of aromatic nitrogens is 2. The fourth-order valence-corrected chi connectivity index (χ4v) is 2.02. The van der Waals surface area contributed by atoms with Crippen LogP contribution in [0.1, 0.15) is 36.3 Å². The van der Waals surface area contributed by atoms with Crippen molar-refractivity contribution in [1.29, 1.82) is 0 Å². The van der Waals surface area contributed by atoms with Gasteiger partial charge >= 0.3 is 5.97 Å². The van der Waals surface area contributed by atoms with Crippen LogP contribution in [0.5, 0.6) is 0 Å². The lowest BCUT2D eigenvalue weighted by molar-refractivity contribution is 0.0503. The number of carbonyl (C=O) groups excluding carboxylic acids is 1. The van der Waals surface area contributed by atoms with E-state index < -0.39 is 5.97 Å². The largest absolute Gasteiger partial charge is 0.462 e. The van der Waals surface area contributed by atoms with Crippen LogP contribution < -0.4 is 5.43 Å². The number of fused-ring (bicyclic) bond motifs is 1. The summed E-state index contributed by atoms with van der Waals surface area (Å²) in [7, 11) is 0. The highest BCUT2D eigenvalue weighted by molar-refractivity contribution is 5.93. The molecule has 0 saturated carbocycles. The molecule has 0 radical (unpaired) electrons. The van der Waals surface area contributed by atoms with E-state index in [1.807, 2.05) is 20.8 Å². The summed E-state index contributed by atoms with van der Waals surface area (Å²) in [4.78, 5) is 28.7. The number of ether oxygens (including phenoxy) is 1. The average molecular weight is 274 g/mol. The van der Waals surface area contributed by atoms with Gasteiger partial charge in [0.05, 0.1) is 12.0 Å². The summed E-state index contributed by atoms with van der Waals surface area (Å²) in [5, 5.41) is 0.448. The number of esters is 1. The predicted octanol–water partition coefficient (Wildman–Crippen LogP) is 2.29. The van der Waals surface area contributed by atoms with E-state index in [0.717, 1.165) is 12.1 Å². The second-order valence-electron chi connectivity index (χ2n) is 4.62. The highest BCUT2D eigenvalue weighted by Crippen LogP contribution is 2.11. The summed E-state index contributed by atoms with van der Waals surface area (Å²) in [5.41, 5.74) is 1.18. The van der Waals surface area contributed by atoms with Crippen molar-refractivity contribution in [3.8, 4) is 0 Å². The number of pyridine rings is 2. The third kappa shape index (κ3) is 2.57. The molecule has 0 saturated heterocycles. The Kier molecular flexibility index (Phi) is 4.17. The van der Waals surface area contributed by atoms with Crippen LogP contribution >= 0.6 is 0 Å². The van der Waals surface area contributed by atoms with Crippen molar-refractivity contribution >= 4 is 17.0 Å². The van der Waals surface area contributed by atoms with Crippen molar-refractivity contribution in [2.24, 2.45) is 0 Å². The number of aryl methyl sites for hydroxylation is 2. The molecule has 5 heteroatoms. The minimum absolute atomic E-state index is 0.0680. The fraction of sp³-hybridized carbons (Fsp3) is 0.400. The molecule has 0 aromatic carbocycles. The van der Waals surface area contributed by atoms with Gasteiger partial charge in [-0.05, 0) is 32.4 Å². The number of hydrogen-bond acceptors (Lipinski definition) is 4. The summed E-state index contributed by atoms with van der Waals surface area (Å²) < 4.78 is 6.86. The molecule has 0 atom stereocenters. The van der Waals surface area contributed by atoms with Gasteiger partial charge in [-0.25, -0.2) is 9.78 Å². The maximum Gasteiger partial charge on any atom is 0.343 e. The van der Waals surface area contributed by atoms with Gasteiger partial charge in [0.25, 0.3) is 0 Å². The van der Waals surface area contributed by atoms with Gasteiger partial charge in [-0.3, -0.25) is 4.79 Å². The molecule has 2 aromatic rings. The molecule has 0 fully saturated rings. The normalized spacial score (nSPS) is 10.8. The average Bonchev–Trinajstić information content (AvgIpc) is 2.45. The number of hydrogen-bond donors (Lipinski definition) is 0. The van der Waals surface area contributed by atoms with Gasteiger partial charge in [-0.1, -0.05) is 6.92 Å². The van der Waals surface area contributed by atoms with E-state index in [4.69, 9.17) is 4.74 Å². The Bertz CT molecular complexity index is 704. The Balaban J connectivity index is 2.63. The summed E-state index contributed by atoms with van der Waals surface area (Å²) in [5.74, 6) is -0.568. The monoisotopic (exact) mass is 274 g/mol. The summed E-state index contributed by atoms with van der Waals surface area (Å²) in [6.45, 7) is 6.66. The molecule has 2 rings (SSSR count). The molecule has 0 aliphatic carbocycles. The van der Waals surface area contributed by atoms with E-state index >= 15 is 0 Å². The molecule has 0 bridgehead atoms. The van der Waals surface area contributed by atoms with Gasteiger partial charge in [0, 0.05) is 18.4 Å². The molecule has 2 aromatic heterocycles. The Morgan fingerprint density at radius 1 is 1.35 bits per heavy atom. The molecule has 0 N–H and O–H groups in total. The van der Waals surface area contributed by atoms with Crippen molar-refractivity contribution in [3.63, 3.8) is 0 Å². The van der Waals surface area contributed by atoms with Gasteiger partial charge in [-0.2, -0.15) is 0 Å². The standard InChI is InChI=1S/C15H18N2O3/c1-4-8-20-15(19)12-9-17(5-2)14-11(13(12)18)7-6-10(3)16-14/h6-7,9H,4-5,8H2,1-3H3. The van der Waals surface area contributed by atoms with Crippen LogP contribution in [0.3, 0.4) is 0 Å². The lowest BCUT2D eigenvalue weighted by Crippen LogP contribution is -2.21. The third-order valence-electron chi connectivity index (χ3n) is 3.06. The maximum atomic E-state index is 12.4. The van der Waals surface area contributed by atoms with Crippen molar-refractivity contribution in [2.75, 3.05) is 6.61 Å². The predicted molar refractivity (Wildman–Crippen MR) is 77.0 cm³/mol. The van der Waals surface area contributed by atoms with Crippen LogP contribution in [-0.4, -0.2) is 22.1 Å². The zero-order valence-corrected chi connectivity index (χ0v) is 12.0. The lowest BCUT2D eigenvalue weighted by Gasteiger charge is -2.11. The van der Waals surface area contributed by atoms with Crippen molar-refractivity contribution in [3.05, 3.63) is 39.8 Å². The SMILES string of the molecule is CCCOC(=O)c1cn(CC)c2nc(C)ccc2c1=O. The summed E-state index contributed by atoms with van der Waals surface area (Å²) in [6, 6.07) is 3.48. The molecular formula is C15H18N2O3. The minimum Gasteiger partial charge on any atom is -0.462 e. The van der Waals surface area contributed by atoms with E-state index in [2.05, 4.69) is 4.98 Å². The topological polar surface area (TPSA) is 61.2 Å². The van der Waals surface area contributed by atoms with Crippen LogP contribution in [0, 0.1) is 6.92 Å². The zero-order chi connectivity index (χ0) is 14.7. The second-order valence-corrected chi connectivity index (χ2v) is 4.62. The van der Waals surface area contributed by atoms with Gasteiger partial charge in [0.15, 0.2) is 0 Å². The van der Waals surface area contributed by atoms with Crippen LogP contribution in [0.4, 0.5) is 0 Å². The van der Waals surface area contributed by atoms with Gasteiger partial charge in [0.2, 0.25) is 5.43 Å².